The van der Waals surface area contributed by atoms with Crippen molar-refractivity contribution in [1.82, 2.24) is 4.98 Å². The standard InChI is InChI=1S/C20H17Cl3N2O2S/c1-11-4-6-16(23)18-17(11)24-20(28-18)25(10-13-3-2-8-27-13)19(26)14-9-12(21)5-7-15(14)22/h4-7,9,13H,2-3,8,10H2,1H3. The third kappa shape index (κ3) is 3.87. The smallest absolute Gasteiger partial charge is 0.261 e. The van der Waals surface area contributed by atoms with Crippen LogP contribution in [0.25, 0.3) is 10.2 Å². The molecule has 1 aromatic heterocycles. The molecule has 2 heterocycles. The van der Waals surface area contributed by atoms with Crippen LogP contribution in [0.5, 0.6) is 0 Å². The summed E-state index contributed by atoms with van der Waals surface area (Å²) in [7, 11) is 0. The number of thiazole rings is 1. The van der Waals surface area contributed by atoms with Crippen molar-refractivity contribution in [3.63, 3.8) is 0 Å². The summed E-state index contributed by atoms with van der Waals surface area (Å²) in [5.74, 6) is -0.254. The molecule has 28 heavy (non-hydrogen) atoms. The van der Waals surface area contributed by atoms with Crippen molar-refractivity contribution in [2.75, 3.05) is 18.1 Å². The molecule has 0 aliphatic carbocycles. The Kier molecular flexibility index (Phi) is 5.81. The van der Waals surface area contributed by atoms with E-state index in [2.05, 4.69) is 0 Å². The fourth-order valence-corrected chi connectivity index (χ4v) is 4.95. The van der Waals surface area contributed by atoms with E-state index < -0.39 is 0 Å². The van der Waals surface area contributed by atoms with Gasteiger partial charge in [-0.15, -0.1) is 0 Å². The van der Waals surface area contributed by atoms with E-state index in [0.717, 1.165) is 28.6 Å². The highest BCUT2D eigenvalue weighted by Gasteiger charge is 2.28. The van der Waals surface area contributed by atoms with Gasteiger partial charge >= 0.3 is 0 Å². The number of aromatic nitrogens is 1. The normalized spacial score (nSPS) is 16.6. The zero-order valence-corrected chi connectivity index (χ0v) is 18.1. The first-order valence-electron chi connectivity index (χ1n) is 8.88. The fourth-order valence-electron chi connectivity index (χ4n) is 3.25. The minimum atomic E-state index is -0.254. The predicted molar refractivity (Wildman–Crippen MR) is 116 cm³/mol. The largest absolute Gasteiger partial charge is 0.376 e. The number of ether oxygens (including phenoxy) is 1. The molecule has 0 radical (unpaired) electrons. The summed E-state index contributed by atoms with van der Waals surface area (Å²) in [5.41, 5.74) is 2.15. The first kappa shape index (κ1) is 19.9. The van der Waals surface area contributed by atoms with E-state index in [1.54, 1.807) is 23.1 Å². The molecule has 1 saturated heterocycles. The Labute approximate surface area is 182 Å². The second kappa shape index (κ2) is 8.17. The first-order chi connectivity index (χ1) is 13.4. The third-order valence-electron chi connectivity index (χ3n) is 4.73. The Morgan fingerprint density at radius 3 is 2.75 bits per heavy atom. The van der Waals surface area contributed by atoms with E-state index >= 15 is 0 Å². The highest BCUT2D eigenvalue weighted by molar-refractivity contribution is 7.23. The molecule has 3 aromatic rings. The van der Waals surface area contributed by atoms with E-state index in [0.29, 0.717) is 38.9 Å². The lowest BCUT2D eigenvalue weighted by Gasteiger charge is -2.23. The second-order valence-corrected chi connectivity index (χ2v) is 8.94. The van der Waals surface area contributed by atoms with Gasteiger partial charge < -0.3 is 4.74 Å². The topological polar surface area (TPSA) is 42.4 Å². The summed E-state index contributed by atoms with van der Waals surface area (Å²) in [5, 5.41) is 1.99. The molecular weight excluding hydrogens is 439 g/mol. The maximum absolute atomic E-state index is 13.4. The SMILES string of the molecule is Cc1ccc(Cl)c2sc(N(CC3CCCO3)C(=O)c3cc(Cl)ccc3Cl)nc12. The number of aryl methyl sites for hydroxylation is 1. The van der Waals surface area contributed by atoms with Crippen molar-refractivity contribution in [2.45, 2.75) is 25.9 Å². The molecule has 1 atom stereocenters. The molecule has 0 N–H and O–H groups in total. The number of rotatable bonds is 4. The van der Waals surface area contributed by atoms with E-state index in [4.69, 9.17) is 44.5 Å². The summed E-state index contributed by atoms with van der Waals surface area (Å²) < 4.78 is 6.62. The van der Waals surface area contributed by atoms with Crippen molar-refractivity contribution in [3.05, 3.63) is 56.5 Å². The lowest BCUT2D eigenvalue weighted by Crippen LogP contribution is -2.37. The Morgan fingerprint density at radius 2 is 2.04 bits per heavy atom. The van der Waals surface area contributed by atoms with Crippen LogP contribution >= 0.6 is 46.1 Å². The van der Waals surface area contributed by atoms with Crippen LogP contribution in [-0.4, -0.2) is 30.1 Å². The monoisotopic (exact) mass is 454 g/mol. The Morgan fingerprint density at radius 1 is 1.25 bits per heavy atom. The van der Waals surface area contributed by atoms with Gasteiger partial charge in [-0.2, -0.15) is 0 Å². The number of fused-ring (bicyclic) bond motifs is 1. The minimum absolute atomic E-state index is 0.0366. The molecule has 1 unspecified atom stereocenters. The molecule has 146 valence electrons. The number of anilines is 1. The molecule has 4 nitrogen and oxygen atoms in total. The number of hydrogen-bond acceptors (Lipinski definition) is 4. The van der Waals surface area contributed by atoms with Crippen molar-refractivity contribution >= 4 is 67.4 Å². The van der Waals surface area contributed by atoms with Crippen LogP contribution in [0, 0.1) is 6.92 Å². The van der Waals surface area contributed by atoms with Crippen molar-refractivity contribution in [1.29, 1.82) is 0 Å². The van der Waals surface area contributed by atoms with E-state index in [9.17, 15) is 4.79 Å². The van der Waals surface area contributed by atoms with Crippen LogP contribution < -0.4 is 4.90 Å². The number of carbonyl (C=O) groups excluding carboxylic acids is 1. The summed E-state index contributed by atoms with van der Waals surface area (Å²) in [6.07, 6.45) is 1.85. The Bertz CT molecular complexity index is 1010. The van der Waals surface area contributed by atoms with Crippen LogP contribution in [0.3, 0.4) is 0 Å². The van der Waals surface area contributed by atoms with Crippen molar-refractivity contribution in [2.24, 2.45) is 0 Å². The zero-order valence-electron chi connectivity index (χ0n) is 15.0. The quantitative estimate of drug-likeness (QED) is 0.458. The average Bonchev–Trinajstić information content (AvgIpc) is 3.34. The molecule has 0 bridgehead atoms. The maximum Gasteiger partial charge on any atom is 0.261 e. The lowest BCUT2D eigenvalue weighted by molar-refractivity contribution is 0.0917. The first-order valence-corrected chi connectivity index (χ1v) is 10.8. The molecule has 0 spiro atoms. The van der Waals surface area contributed by atoms with Gasteiger partial charge in [0.2, 0.25) is 0 Å². The van der Waals surface area contributed by atoms with Gasteiger partial charge in [0.1, 0.15) is 0 Å². The minimum Gasteiger partial charge on any atom is -0.376 e. The van der Waals surface area contributed by atoms with Gasteiger partial charge in [0.05, 0.1) is 38.5 Å². The van der Waals surface area contributed by atoms with E-state index in [1.165, 1.54) is 11.3 Å². The third-order valence-corrected chi connectivity index (χ3v) is 6.83. The molecule has 0 saturated carbocycles. The van der Waals surface area contributed by atoms with Gasteiger partial charge in [0.15, 0.2) is 5.13 Å². The molecule has 1 aliphatic rings. The van der Waals surface area contributed by atoms with Gasteiger partial charge in [-0.3, -0.25) is 9.69 Å². The number of halogens is 3. The van der Waals surface area contributed by atoms with Crippen molar-refractivity contribution in [3.8, 4) is 0 Å². The highest BCUT2D eigenvalue weighted by Crippen LogP contribution is 2.37. The molecule has 8 heteroatoms. The summed E-state index contributed by atoms with van der Waals surface area (Å²) >= 11 is 20.2. The second-order valence-electron chi connectivity index (χ2n) is 6.71. The van der Waals surface area contributed by atoms with Crippen LogP contribution in [0.2, 0.25) is 15.1 Å². The predicted octanol–water partition coefficient (Wildman–Crippen LogP) is 6.39. The molecule has 1 fully saturated rings. The van der Waals surface area contributed by atoms with Crippen LogP contribution in [-0.2, 0) is 4.74 Å². The van der Waals surface area contributed by atoms with Gasteiger partial charge in [0, 0.05) is 11.6 Å². The molecule has 4 rings (SSSR count). The summed E-state index contributed by atoms with van der Waals surface area (Å²) in [4.78, 5) is 19.8. The van der Waals surface area contributed by atoms with Gasteiger partial charge in [-0.05, 0) is 49.6 Å². The van der Waals surface area contributed by atoms with Crippen molar-refractivity contribution < 1.29 is 9.53 Å². The van der Waals surface area contributed by atoms with Gasteiger partial charge in [-0.1, -0.05) is 52.2 Å². The highest BCUT2D eigenvalue weighted by atomic mass is 35.5. The number of hydrogen-bond donors (Lipinski definition) is 0. The number of nitrogens with zero attached hydrogens (tertiary/aromatic N) is 2. The zero-order chi connectivity index (χ0) is 19.8. The number of benzene rings is 2. The van der Waals surface area contributed by atoms with Crippen LogP contribution in [0.15, 0.2) is 30.3 Å². The molecule has 1 amide bonds. The summed E-state index contributed by atoms with van der Waals surface area (Å²) in [6.45, 7) is 3.08. The van der Waals surface area contributed by atoms with E-state index in [-0.39, 0.29) is 12.0 Å². The lowest BCUT2D eigenvalue weighted by atomic mass is 10.1. The average molecular weight is 456 g/mol. The van der Waals surface area contributed by atoms with Gasteiger partial charge in [0.25, 0.3) is 5.91 Å². The Balaban J connectivity index is 1.79. The Hall–Kier alpha value is -1.37. The maximum atomic E-state index is 13.4. The molecular formula is C20H17Cl3N2O2S. The molecule has 1 aliphatic heterocycles. The summed E-state index contributed by atoms with van der Waals surface area (Å²) in [6, 6.07) is 8.64. The van der Waals surface area contributed by atoms with Gasteiger partial charge in [-0.25, -0.2) is 4.98 Å². The van der Waals surface area contributed by atoms with Crippen LogP contribution in [0.4, 0.5) is 5.13 Å². The van der Waals surface area contributed by atoms with Crippen LogP contribution in [0.1, 0.15) is 28.8 Å². The number of amides is 1. The van der Waals surface area contributed by atoms with E-state index in [1.807, 2.05) is 19.1 Å². The fraction of sp³-hybridized carbons (Fsp3) is 0.300. The molecule has 2 aromatic carbocycles. The number of carbonyl (C=O) groups is 1.